The molecule has 1 spiro atoms. The summed E-state index contributed by atoms with van der Waals surface area (Å²) in [5.74, 6) is -0.688. The van der Waals surface area contributed by atoms with E-state index in [0.29, 0.717) is 12.3 Å². The minimum Gasteiger partial charge on any atom is -0.390 e. The maximum absolute atomic E-state index is 10.8. The van der Waals surface area contributed by atoms with Gasteiger partial charge in [0.15, 0.2) is 5.79 Å². The molecule has 3 aliphatic rings. The largest absolute Gasteiger partial charge is 0.390 e. The lowest BCUT2D eigenvalue weighted by molar-refractivity contribution is -0.302. The van der Waals surface area contributed by atoms with Crippen molar-refractivity contribution in [1.29, 1.82) is 0 Å². The van der Waals surface area contributed by atoms with Crippen LogP contribution in [0.1, 0.15) is 53.4 Å². The van der Waals surface area contributed by atoms with Crippen molar-refractivity contribution in [2.45, 2.75) is 70.4 Å². The Balaban J connectivity index is 2.15. The highest BCUT2D eigenvalue weighted by Gasteiger charge is 2.69. The van der Waals surface area contributed by atoms with E-state index >= 15 is 0 Å². The third-order valence-electron chi connectivity index (χ3n) is 5.55. The van der Waals surface area contributed by atoms with Gasteiger partial charge in [-0.2, -0.15) is 0 Å². The number of hydrogen-bond acceptors (Lipinski definition) is 3. The molecular formula is C15H24O3. The van der Waals surface area contributed by atoms with E-state index in [0.717, 1.165) is 30.4 Å². The van der Waals surface area contributed by atoms with Gasteiger partial charge in [-0.15, -0.1) is 0 Å². The molecular weight excluding hydrogens is 228 g/mol. The Morgan fingerprint density at radius 1 is 1.28 bits per heavy atom. The molecule has 3 nitrogen and oxygen atoms in total. The molecule has 0 aromatic heterocycles. The van der Waals surface area contributed by atoms with E-state index in [2.05, 4.69) is 6.92 Å². The molecule has 1 aliphatic carbocycles. The Kier molecular flexibility index (Phi) is 2.38. The molecule has 2 heterocycles. The molecule has 0 aromatic carbocycles. The fourth-order valence-electron chi connectivity index (χ4n) is 4.70. The van der Waals surface area contributed by atoms with Gasteiger partial charge in [0.2, 0.25) is 0 Å². The number of allylic oxidation sites excluding steroid dienone is 1. The minimum absolute atomic E-state index is 0.150. The number of ether oxygens (including phenoxy) is 1. The maximum Gasteiger partial charge on any atom is 0.192 e. The topological polar surface area (TPSA) is 49.7 Å². The Hall–Kier alpha value is -0.380. The molecule has 3 rings (SSSR count). The Morgan fingerprint density at radius 3 is 2.56 bits per heavy atom. The third-order valence-corrected chi connectivity index (χ3v) is 5.55. The molecule has 18 heavy (non-hydrogen) atoms. The molecule has 2 saturated heterocycles. The van der Waals surface area contributed by atoms with Crippen LogP contribution in [0.25, 0.3) is 0 Å². The summed E-state index contributed by atoms with van der Waals surface area (Å²) in [6, 6.07) is 0. The summed E-state index contributed by atoms with van der Waals surface area (Å²) in [7, 11) is 0. The van der Waals surface area contributed by atoms with Gasteiger partial charge in [0.25, 0.3) is 0 Å². The van der Waals surface area contributed by atoms with E-state index in [9.17, 15) is 10.2 Å². The molecule has 0 unspecified atom stereocenters. The van der Waals surface area contributed by atoms with E-state index in [1.54, 1.807) is 0 Å². The van der Waals surface area contributed by atoms with Crippen molar-refractivity contribution < 1.29 is 14.9 Å². The molecule has 102 valence electrons. The normalized spacial score (nSPS) is 54.7. The first-order chi connectivity index (χ1) is 8.21. The van der Waals surface area contributed by atoms with Crippen LogP contribution in [0.5, 0.6) is 0 Å². The summed E-state index contributed by atoms with van der Waals surface area (Å²) in [5.41, 5.74) is 0.960. The molecule has 1 saturated carbocycles. The molecule has 3 fully saturated rings. The SMILES string of the molecule is CC(C)=C1C[C@@]23O[C@]1(O)C[C@@](C)(O)[C@H]2CC[C@H]3C. The maximum atomic E-state index is 10.8. The molecule has 3 heteroatoms. The first-order valence-electron chi connectivity index (χ1n) is 7.03. The first kappa shape index (κ1) is 12.6. The lowest BCUT2D eigenvalue weighted by Crippen LogP contribution is -2.58. The second-order valence-electron chi connectivity index (χ2n) is 7.06. The standard InChI is InChI=1S/C15H24O3/c1-9(2)11-7-14-10(3)5-6-12(14)13(4,16)8-15(11,17)18-14/h10,12,16-17H,5-8H2,1-4H3/t10-,12-,13-,14+,15-/m1/s1. The van der Waals surface area contributed by atoms with Gasteiger partial charge in [-0.25, -0.2) is 0 Å². The van der Waals surface area contributed by atoms with E-state index < -0.39 is 11.4 Å². The summed E-state index contributed by atoms with van der Waals surface area (Å²) in [6.07, 6.45) is 3.17. The molecule has 2 N–H and O–H groups in total. The highest BCUT2D eigenvalue weighted by atomic mass is 16.7. The van der Waals surface area contributed by atoms with E-state index in [4.69, 9.17) is 4.74 Å². The van der Waals surface area contributed by atoms with Crippen LogP contribution >= 0.6 is 0 Å². The van der Waals surface area contributed by atoms with Gasteiger partial charge in [0, 0.05) is 18.8 Å². The number of hydrogen-bond donors (Lipinski definition) is 2. The Bertz CT molecular complexity index is 421. The predicted molar refractivity (Wildman–Crippen MR) is 68.9 cm³/mol. The van der Waals surface area contributed by atoms with Crippen LogP contribution in [0.4, 0.5) is 0 Å². The van der Waals surface area contributed by atoms with Crippen molar-refractivity contribution in [3.05, 3.63) is 11.1 Å². The fraction of sp³-hybridized carbons (Fsp3) is 0.867. The van der Waals surface area contributed by atoms with Crippen LogP contribution in [0.3, 0.4) is 0 Å². The van der Waals surface area contributed by atoms with Gasteiger partial charge in [0.05, 0.1) is 11.2 Å². The smallest absolute Gasteiger partial charge is 0.192 e. The van der Waals surface area contributed by atoms with Crippen LogP contribution in [0.15, 0.2) is 11.1 Å². The highest BCUT2D eigenvalue weighted by molar-refractivity contribution is 5.33. The Labute approximate surface area is 109 Å². The summed E-state index contributed by atoms with van der Waals surface area (Å²) in [4.78, 5) is 0. The van der Waals surface area contributed by atoms with Gasteiger partial charge in [-0.3, -0.25) is 0 Å². The molecule has 0 aromatic rings. The zero-order valence-corrected chi connectivity index (χ0v) is 11.8. The number of rotatable bonds is 0. The quantitative estimate of drug-likeness (QED) is 0.651. The Morgan fingerprint density at radius 2 is 1.94 bits per heavy atom. The lowest BCUT2D eigenvalue weighted by atomic mass is 9.73. The number of aliphatic hydroxyl groups is 2. The van der Waals surface area contributed by atoms with E-state index in [1.807, 2.05) is 20.8 Å². The summed E-state index contributed by atoms with van der Waals surface area (Å²) in [5, 5.41) is 21.5. The van der Waals surface area contributed by atoms with Crippen LogP contribution in [0.2, 0.25) is 0 Å². The molecule has 5 atom stereocenters. The summed E-state index contributed by atoms with van der Waals surface area (Å²) in [6.45, 7) is 8.11. The van der Waals surface area contributed by atoms with Crippen LogP contribution in [0, 0.1) is 11.8 Å². The number of fused-ring (bicyclic) bond motifs is 1. The average molecular weight is 252 g/mol. The van der Waals surface area contributed by atoms with Gasteiger partial charge in [-0.1, -0.05) is 12.5 Å². The van der Waals surface area contributed by atoms with Gasteiger partial charge in [0.1, 0.15) is 0 Å². The van der Waals surface area contributed by atoms with Gasteiger partial charge < -0.3 is 14.9 Å². The van der Waals surface area contributed by atoms with Crippen molar-refractivity contribution in [2.24, 2.45) is 11.8 Å². The van der Waals surface area contributed by atoms with Gasteiger partial charge >= 0.3 is 0 Å². The van der Waals surface area contributed by atoms with Crippen molar-refractivity contribution >= 4 is 0 Å². The predicted octanol–water partition coefficient (Wildman–Crippen LogP) is 2.37. The first-order valence-corrected chi connectivity index (χ1v) is 7.03. The highest BCUT2D eigenvalue weighted by Crippen LogP contribution is 2.64. The molecule has 2 bridgehead atoms. The third kappa shape index (κ3) is 1.36. The van der Waals surface area contributed by atoms with Gasteiger partial charge in [-0.05, 0) is 45.1 Å². The zero-order valence-electron chi connectivity index (χ0n) is 11.8. The van der Waals surface area contributed by atoms with E-state index in [-0.39, 0.29) is 11.5 Å². The van der Waals surface area contributed by atoms with Crippen LogP contribution in [-0.2, 0) is 4.74 Å². The molecule has 2 aliphatic heterocycles. The van der Waals surface area contributed by atoms with E-state index in [1.165, 1.54) is 0 Å². The second-order valence-corrected chi connectivity index (χ2v) is 7.06. The lowest BCUT2D eigenvalue weighted by Gasteiger charge is -2.49. The van der Waals surface area contributed by atoms with Crippen molar-refractivity contribution in [2.75, 3.05) is 0 Å². The van der Waals surface area contributed by atoms with Crippen molar-refractivity contribution in [3.63, 3.8) is 0 Å². The minimum atomic E-state index is -1.24. The average Bonchev–Trinajstić information content (AvgIpc) is 2.65. The van der Waals surface area contributed by atoms with Crippen LogP contribution in [-0.4, -0.2) is 27.2 Å². The zero-order chi connectivity index (χ0) is 13.3. The monoisotopic (exact) mass is 252 g/mol. The molecule has 0 radical (unpaired) electrons. The molecule has 0 amide bonds. The summed E-state index contributed by atoms with van der Waals surface area (Å²) >= 11 is 0. The van der Waals surface area contributed by atoms with Crippen molar-refractivity contribution in [1.82, 2.24) is 0 Å². The summed E-state index contributed by atoms with van der Waals surface area (Å²) < 4.78 is 6.16. The van der Waals surface area contributed by atoms with Crippen LogP contribution < -0.4 is 0 Å². The van der Waals surface area contributed by atoms with Crippen molar-refractivity contribution in [3.8, 4) is 0 Å². The fourth-order valence-corrected chi connectivity index (χ4v) is 4.70. The second kappa shape index (κ2) is 3.38.